The third-order valence-electron chi connectivity index (χ3n) is 12.3. The van der Waals surface area contributed by atoms with Crippen LogP contribution in [0.5, 0.6) is 5.75 Å². The molecular weight excluding hydrogens is 658 g/mol. The lowest BCUT2D eigenvalue weighted by atomic mass is 9.64. The second-order valence-corrected chi connectivity index (χ2v) is 18.8. The summed E-state index contributed by atoms with van der Waals surface area (Å²) in [4.78, 5) is 18.4. The molecular formula is C39H54ClN3O5S. The highest BCUT2D eigenvalue weighted by Crippen LogP contribution is 2.49. The number of carbonyl (C=O) groups excluding carboxylic acids is 1. The molecule has 1 amide bonds. The summed E-state index contributed by atoms with van der Waals surface area (Å²) in [6.45, 7) is 7.77. The predicted octanol–water partition coefficient (Wildman–Crippen LogP) is 6.33. The minimum absolute atomic E-state index is 0.0741. The number of carbonyl (C=O) groups is 1. The predicted molar refractivity (Wildman–Crippen MR) is 198 cm³/mol. The van der Waals surface area contributed by atoms with Gasteiger partial charge in [-0.2, -0.15) is 0 Å². The number of rotatable bonds is 3. The number of amides is 1. The lowest BCUT2D eigenvalue weighted by molar-refractivity contribution is -0.134. The smallest absolute Gasteiger partial charge is 0.262 e. The summed E-state index contributed by atoms with van der Waals surface area (Å²) in [6.07, 6.45) is 8.14. The summed E-state index contributed by atoms with van der Waals surface area (Å²) in [7, 11) is 1.26. The molecule has 7 rings (SSSR count). The highest BCUT2D eigenvalue weighted by atomic mass is 35.5. The van der Waals surface area contributed by atoms with Crippen LogP contribution in [0.2, 0.25) is 5.02 Å². The Hall–Kier alpha value is -2.30. The van der Waals surface area contributed by atoms with Crippen LogP contribution in [0.25, 0.3) is 0 Å². The van der Waals surface area contributed by atoms with Crippen LogP contribution < -0.4 is 14.4 Å². The van der Waals surface area contributed by atoms with E-state index in [1.165, 1.54) is 11.1 Å². The van der Waals surface area contributed by atoms with Crippen molar-refractivity contribution in [3.63, 3.8) is 0 Å². The molecule has 10 heteroatoms. The van der Waals surface area contributed by atoms with Gasteiger partial charge in [0.2, 0.25) is 0 Å². The molecule has 2 aromatic rings. The molecule has 1 spiro atoms. The Balaban J connectivity index is 1.27. The number of hydrogen-bond acceptors (Lipinski definition) is 7. The zero-order valence-corrected chi connectivity index (χ0v) is 31.2. The molecule has 268 valence electrons. The van der Waals surface area contributed by atoms with E-state index in [0.29, 0.717) is 30.6 Å². The van der Waals surface area contributed by atoms with Gasteiger partial charge in [-0.25, -0.2) is 4.21 Å². The Morgan fingerprint density at radius 2 is 1.92 bits per heavy atom. The van der Waals surface area contributed by atoms with Crippen LogP contribution in [0, 0.1) is 23.7 Å². The minimum atomic E-state index is -2.90. The summed E-state index contributed by atoms with van der Waals surface area (Å²) >= 11 is 6.49. The van der Waals surface area contributed by atoms with Crippen molar-refractivity contribution in [2.24, 2.45) is 23.7 Å². The number of hydrogen-bond donors (Lipinski definition) is 1. The maximum absolute atomic E-state index is 13.9. The van der Waals surface area contributed by atoms with Gasteiger partial charge >= 0.3 is 0 Å². The summed E-state index contributed by atoms with van der Waals surface area (Å²) in [6, 6.07) is 12.0. The number of likely N-dealkylation sites (N-methyl/N-ethyl adjacent to an activating group) is 1. The van der Waals surface area contributed by atoms with Gasteiger partial charge in [0.15, 0.2) is 6.29 Å². The van der Waals surface area contributed by atoms with Crippen molar-refractivity contribution in [1.29, 1.82) is 0 Å². The van der Waals surface area contributed by atoms with E-state index in [1.54, 1.807) is 6.07 Å². The average molecular weight is 712 g/mol. The number of nitrogens with zero attached hydrogens (tertiary/aromatic N) is 2. The maximum atomic E-state index is 13.9. The molecule has 1 N–H and O–H groups in total. The van der Waals surface area contributed by atoms with E-state index in [1.807, 2.05) is 25.1 Å². The number of nitrogens with one attached hydrogen (secondary N) is 1. The molecule has 49 heavy (non-hydrogen) atoms. The van der Waals surface area contributed by atoms with Gasteiger partial charge in [0.1, 0.15) is 5.75 Å². The number of fused-ring (bicyclic) bond motifs is 4. The number of aryl methyl sites for hydroxylation is 1. The summed E-state index contributed by atoms with van der Waals surface area (Å²) < 4.78 is 36.6. The third kappa shape index (κ3) is 7.12. The Morgan fingerprint density at radius 3 is 2.69 bits per heavy atom. The van der Waals surface area contributed by atoms with Crippen molar-refractivity contribution < 1.29 is 23.2 Å². The molecule has 0 radical (unpaired) electrons. The molecule has 5 aliphatic rings. The SMILES string of the molecule is C=S1(=O)NC(=O)c2ccc3c(c2)N(C[C@@H]2CC[C@H]2[C@@H]([C@@H]2OC[C@H](CN(C)C)O2)CCC[C@H](C)[C@H]1C)C[C@@]1(CCCc2cc(Cl)ccc21)CO3. The number of halogens is 1. The fourth-order valence-electron chi connectivity index (χ4n) is 9.27. The van der Waals surface area contributed by atoms with Gasteiger partial charge in [-0.05, 0) is 131 Å². The molecule has 1 saturated carbocycles. The molecule has 2 aromatic carbocycles. The van der Waals surface area contributed by atoms with Crippen molar-refractivity contribution in [2.75, 3.05) is 51.8 Å². The van der Waals surface area contributed by atoms with Crippen molar-refractivity contribution in [1.82, 2.24) is 9.62 Å². The monoisotopic (exact) mass is 711 g/mol. The van der Waals surface area contributed by atoms with Gasteiger partial charge in [-0.1, -0.05) is 31.0 Å². The van der Waals surface area contributed by atoms with Crippen LogP contribution in [0.1, 0.15) is 80.3 Å². The molecule has 3 aliphatic heterocycles. The topological polar surface area (TPSA) is 80.3 Å². The van der Waals surface area contributed by atoms with Crippen LogP contribution in [-0.4, -0.2) is 85.5 Å². The lowest BCUT2D eigenvalue weighted by Crippen LogP contribution is -2.50. The van der Waals surface area contributed by atoms with E-state index in [0.717, 1.165) is 87.5 Å². The van der Waals surface area contributed by atoms with Gasteiger partial charge in [-0.15, -0.1) is 0 Å². The Kier molecular flexibility index (Phi) is 10.0. The van der Waals surface area contributed by atoms with Crippen LogP contribution in [0.15, 0.2) is 36.4 Å². The Morgan fingerprint density at radius 1 is 1.08 bits per heavy atom. The highest BCUT2D eigenvalue weighted by molar-refractivity contribution is 7.99. The minimum Gasteiger partial charge on any atom is -0.490 e. The first kappa shape index (κ1) is 35.1. The van der Waals surface area contributed by atoms with Gasteiger partial charge in [0.25, 0.3) is 5.91 Å². The zero-order valence-electron chi connectivity index (χ0n) is 29.6. The maximum Gasteiger partial charge on any atom is 0.262 e. The summed E-state index contributed by atoms with van der Waals surface area (Å²) in [5.41, 5.74) is 3.83. The Bertz CT molecular complexity index is 1650. The number of ether oxygens (including phenoxy) is 3. The van der Waals surface area contributed by atoms with Crippen LogP contribution in [-0.2, 0) is 31.0 Å². The van der Waals surface area contributed by atoms with Crippen molar-refractivity contribution in [2.45, 2.75) is 88.3 Å². The van der Waals surface area contributed by atoms with E-state index < -0.39 is 9.71 Å². The number of anilines is 1. The van der Waals surface area contributed by atoms with E-state index in [4.69, 9.17) is 25.8 Å². The molecule has 9 atom stereocenters. The lowest BCUT2D eigenvalue weighted by Gasteiger charge is -2.47. The first-order chi connectivity index (χ1) is 23.4. The van der Waals surface area contributed by atoms with Gasteiger partial charge in [-0.3, -0.25) is 9.52 Å². The van der Waals surface area contributed by atoms with E-state index in [2.05, 4.69) is 53.5 Å². The van der Waals surface area contributed by atoms with Crippen LogP contribution in [0.3, 0.4) is 0 Å². The molecule has 0 aromatic heterocycles. The standard InChI is InChI=1S/C39H54ClN3O5S/c1-25-8-6-10-33(38-46-22-31(48-38)21-42(3)4)32-14-11-29(32)20-43-23-39(17-7-9-27-18-30(40)13-15-34(27)39)24-47-36-16-12-28(19-35(36)43)37(44)41-49(5,45)26(25)2/h12-13,15-16,18-19,25-26,29,31-33,38H,5-11,14,17,20-24H2,1-4H3,(H,41,44,45)/t25-,26+,29-,31-,32+,33-,38+,39-,49?/m0/s1. The highest BCUT2D eigenvalue weighted by Gasteiger charge is 2.47. The Labute approximate surface area is 298 Å². The van der Waals surface area contributed by atoms with Gasteiger partial charge in [0.05, 0.1) is 34.7 Å². The van der Waals surface area contributed by atoms with Gasteiger partial charge < -0.3 is 24.0 Å². The summed E-state index contributed by atoms with van der Waals surface area (Å²) in [5.74, 6) is 5.83. The third-order valence-corrected chi connectivity index (χ3v) is 14.8. The molecule has 2 fully saturated rings. The van der Waals surface area contributed by atoms with E-state index >= 15 is 0 Å². The molecule has 1 unspecified atom stereocenters. The first-order valence-electron chi connectivity index (χ1n) is 18.3. The quantitative estimate of drug-likeness (QED) is 0.373. The van der Waals surface area contributed by atoms with Crippen molar-refractivity contribution in [3.8, 4) is 5.75 Å². The largest absolute Gasteiger partial charge is 0.490 e. The molecule has 8 nitrogen and oxygen atoms in total. The normalized spacial score (nSPS) is 36.7. The zero-order chi connectivity index (χ0) is 34.5. The average Bonchev–Trinajstić information content (AvgIpc) is 3.44. The molecule has 1 saturated heterocycles. The fourth-order valence-corrected chi connectivity index (χ4v) is 11.0. The van der Waals surface area contributed by atoms with E-state index in [-0.39, 0.29) is 40.8 Å². The van der Waals surface area contributed by atoms with Crippen LogP contribution >= 0.6 is 11.6 Å². The number of benzene rings is 2. The summed E-state index contributed by atoms with van der Waals surface area (Å²) in [5, 5.41) is 0.496. The second kappa shape index (κ2) is 14.0. The van der Waals surface area contributed by atoms with Crippen LogP contribution in [0.4, 0.5) is 5.69 Å². The molecule has 3 heterocycles. The molecule has 2 bridgehead atoms. The fraction of sp³-hybridized carbons (Fsp3) is 0.641. The van der Waals surface area contributed by atoms with E-state index in [9.17, 15) is 9.00 Å². The van der Waals surface area contributed by atoms with Gasteiger partial charge in [0, 0.05) is 46.8 Å². The van der Waals surface area contributed by atoms with Crippen molar-refractivity contribution >= 4 is 38.8 Å². The second-order valence-electron chi connectivity index (χ2n) is 15.9. The first-order valence-corrected chi connectivity index (χ1v) is 20.5. The molecule has 2 aliphatic carbocycles. The van der Waals surface area contributed by atoms with Crippen molar-refractivity contribution in [3.05, 3.63) is 58.1 Å².